The lowest BCUT2D eigenvalue weighted by molar-refractivity contribution is -0.119. The predicted molar refractivity (Wildman–Crippen MR) is 125 cm³/mol. The Bertz CT molecular complexity index is 1270. The fourth-order valence-corrected chi connectivity index (χ4v) is 4.95. The van der Waals surface area contributed by atoms with Crippen LogP contribution in [0.1, 0.15) is 31.8 Å². The van der Waals surface area contributed by atoms with Gasteiger partial charge in [0, 0.05) is 18.8 Å². The number of sulfonamides is 1. The smallest absolute Gasteiger partial charge is 0.338 e. The maximum atomic E-state index is 13.0. The van der Waals surface area contributed by atoms with Gasteiger partial charge in [0.2, 0.25) is 11.7 Å². The van der Waals surface area contributed by atoms with Crippen LogP contribution in [0, 0.1) is 0 Å². The number of Topliss-reactive ketones (excluding diaryl/α,β-unsaturated/α-hetero) is 1. The van der Waals surface area contributed by atoms with E-state index in [-0.39, 0.29) is 16.4 Å². The molecule has 0 unspecified atom stereocenters. The molecule has 0 aliphatic heterocycles. The van der Waals surface area contributed by atoms with Gasteiger partial charge in [-0.2, -0.15) is 0 Å². The Labute approximate surface area is 195 Å². The van der Waals surface area contributed by atoms with Gasteiger partial charge in [-0.15, -0.1) is 11.3 Å². The number of ketones is 1. The van der Waals surface area contributed by atoms with Crippen molar-refractivity contribution in [3.63, 3.8) is 0 Å². The van der Waals surface area contributed by atoms with Gasteiger partial charge >= 0.3 is 5.97 Å². The minimum atomic E-state index is -3.90. The number of thiophene rings is 1. The first kappa shape index (κ1) is 24.1. The lowest BCUT2D eigenvalue weighted by Crippen LogP contribution is -2.26. The molecule has 0 aliphatic carbocycles. The summed E-state index contributed by atoms with van der Waals surface area (Å²) in [5.74, 6) is -1.38. The molecule has 10 heteroatoms. The molecule has 2 aromatic carbocycles. The highest BCUT2D eigenvalue weighted by atomic mass is 32.2. The largest absolute Gasteiger partial charge is 0.454 e. The van der Waals surface area contributed by atoms with E-state index in [0.29, 0.717) is 17.1 Å². The van der Waals surface area contributed by atoms with Crippen molar-refractivity contribution in [1.82, 2.24) is 5.32 Å². The normalized spacial score (nSPS) is 11.0. The van der Waals surface area contributed by atoms with Crippen LogP contribution in [0.5, 0.6) is 0 Å². The molecule has 0 aliphatic rings. The number of carbonyl (C=O) groups excluding carboxylic acids is 3. The Morgan fingerprint density at radius 2 is 1.73 bits per heavy atom. The molecule has 3 aromatic rings. The van der Waals surface area contributed by atoms with Crippen LogP contribution in [0.2, 0.25) is 0 Å². The van der Waals surface area contributed by atoms with Gasteiger partial charge in [0.05, 0.1) is 27.6 Å². The molecule has 1 heterocycles. The van der Waals surface area contributed by atoms with Crippen molar-refractivity contribution in [3.05, 3.63) is 82.0 Å². The second-order valence-corrected chi connectivity index (χ2v) is 10.1. The molecule has 172 valence electrons. The molecule has 0 fully saturated rings. The monoisotopic (exact) mass is 486 g/mol. The highest BCUT2D eigenvalue weighted by Gasteiger charge is 2.23. The first-order valence-corrected chi connectivity index (χ1v) is 12.1. The molecule has 8 nitrogen and oxygen atoms in total. The number of ether oxygens (including phenoxy) is 1. The summed E-state index contributed by atoms with van der Waals surface area (Å²) < 4.78 is 32.1. The molecule has 3 rings (SSSR count). The van der Waals surface area contributed by atoms with Crippen LogP contribution >= 0.6 is 11.3 Å². The summed E-state index contributed by atoms with van der Waals surface area (Å²) in [6.45, 7) is 1.23. The fourth-order valence-electron chi connectivity index (χ4n) is 2.84. The van der Waals surface area contributed by atoms with Crippen LogP contribution < -0.4 is 9.62 Å². The molecule has 1 aromatic heterocycles. The van der Waals surface area contributed by atoms with Crippen molar-refractivity contribution in [2.45, 2.75) is 18.4 Å². The zero-order chi connectivity index (χ0) is 24.0. The summed E-state index contributed by atoms with van der Waals surface area (Å²) in [5.41, 5.74) is 0.493. The van der Waals surface area contributed by atoms with E-state index in [0.717, 1.165) is 9.18 Å². The third-order valence-corrected chi connectivity index (χ3v) is 7.54. The second-order valence-electron chi connectivity index (χ2n) is 7.01. The van der Waals surface area contributed by atoms with E-state index >= 15 is 0 Å². The number of para-hydroxylation sites is 1. The number of hydrogen-bond acceptors (Lipinski definition) is 7. The number of anilines is 1. The summed E-state index contributed by atoms with van der Waals surface area (Å²) in [6.07, 6.45) is 0. The average molecular weight is 487 g/mol. The Balaban J connectivity index is 1.66. The number of rotatable bonds is 9. The zero-order valence-electron chi connectivity index (χ0n) is 18.0. The second kappa shape index (κ2) is 10.4. The fraction of sp³-hybridized carbons (Fsp3) is 0.174. The van der Waals surface area contributed by atoms with E-state index in [1.165, 1.54) is 49.6 Å². The third kappa shape index (κ3) is 6.05. The van der Waals surface area contributed by atoms with Gasteiger partial charge in [0.1, 0.15) is 0 Å². The molecular weight excluding hydrogens is 464 g/mol. The Morgan fingerprint density at radius 1 is 1.00 bits per heavy atom. The number of benzene rings is 2. The van der Waals surface area contributed by atoms with Crippen LogP contribution in [0.4, 0.5) is 5.69 Å². The minimum Gasteiger partial charge on any atom is -0.454 e. The molecule has 0 saturated carbocycles. The number of esters is 1. The Kier molecular flexibility index (Phi) is 7.62. The SMILES string of the molecule is CC(=O)NCc1ccc(C(=O)COC(=O)c2cccc(S(=O)(=O)N(C)c3ccccc3)c2)s1. The molecule has 1 amide bonds. The van der Waals surface area contributed by atoms with Gasteiger partial charge in [-0.1, -0.05) is 24.3 Å². The molecule has 0 atom stereocenters. The summed E-state index contributed by atoms with van der Waals surface area (Å²) in [5, 5.41) is 2.64. The van der Waals surface area contributed by atoms with Crippen molar-refractivity contribution >= 4 is 44.7 Å². The topological polar surface area (TPSA) is 110 Å². The molecule has 0 bridgehead atoms. The van der Waals surface area contributed by atoms with E-state index in [1.54, 1.807) is 42.5 Å². The van der Waals surface area contributed by atoms with Crippen molar-refractivity contribution < 1.29 is 27.5 Å². The number of carbonyl (C=O) groups is 3. The Morgan fingerprint density at radius 3 is 2.42 bits per heavy atom. The minimum absolute atomic E-state index is 0.0165. The first-order valence-electron chi connectivity index (χ1n) is 9.86. The van der Waals surface area contributed by atoms with E-state index in [4.69, 9.17) is 4.74 Å². The third-order valence-electron chi connectivity index (χ3n) is 4.63. The van der Waals surface area contributed by atoms with Crippen molar-refractivity contribution in [3.8, 4) is 0 Å². The highest BCUT2D eigenvalue weighted by Crippen LogP contribution is 2.23. The molecule has 1 N–H and O–H groups in total. The van der Waals surface area contributed by atoms with E-state index < -0.39 is 28.4 Å². The summed E-state index contributed by atoms with van der Waals surface area (Å²) in [4.78, 5) is 36.9. The van der Waals surface area contributed by atoms with Crippen LogP contribution in [0.15, 0.2) is 71.6 Å². The molecule has 0 radical (unpaired) electrons. The van der Waals surface area contributed by atoms with Gasteiger partial charge in [-0.3, -0.25) is 13.9 Å². The number of amides is 1. The van der Waals surface area contributed by atoms with E-state index in [2.05, 4.69) is 5.32 Å². The van der Waals surface area contributed by atoms with Crippen molar-refractivity contribution in [1.29, 1.82) is 0 Å². The van der Waals surface area contributed by atoms with Gasteiger partial charge in [0.25, 0.3) is 10.0 Å². The summed E-state index contributed by atoms with van der Waals surface area (Å²) >= 11 is 1.20. The van der Waals surface area contributed by atoms with Crippen molar-refractivity contribution in [2.24, 2.45) is 0 Å². The molecular formula is C23H22N2O6S2. The van der Waals surface area contributed by atoms with Crippen molar-refractivity contribution in [2.75, 3.05) is 18.0 Å². The summed E-state index contributed by atoms with van der Waals surface area (Å²) in [6, 6.07) is 17.3. The number of hydrogen-bond donors (Lipinski definition) is 1. The summed E-state index contributed by atoms with van der Waals surface area (Å²) in [7, 11) is -2.47. The van der Waals surface area contributed by atoms with Gasteiger partial charge in [-0.25, -0.2) is 13.2 Å². The molecule has 0 spiro atoms. The standard InChI is InChI=1S/C23H22N2O6S2/c1-16(26)24-14-19-11-12-22(32-19)21(27)15-31-23(28)17-7-6-10-20(13-17)33(29,30)25(2)18-8-4-3-5-9-18/h3-13H,14-15H2,1-2H3,(H,24,26). The predicted octanol–water partition coefficient (Wildman–Crippen LogP) is 3.25. The molecule has 0 saturated heterocycles. The maximum Gasteiger partial charge on any atom is 0.338 e. The highest BCUT2D eigenvalue weighted by molar-refractivity contribution is 7.92. The van der Waals surface area contributed by atoms with Crippen LogP contribution in [-0.4, -0.2) is 39.7 Å². The van der Waals surface area contributed by atoms with Gasteiger partial charge < -0.3 is 10.1 Å². The first-order chi connectivity index (χ1) is 15.7. The van der Waals surface area contributed by atoms with Crippen LogP contribution in [-0.2, 0) is 26.1 Å². The van der Waals surface area contributed by atoms with E-state index in [1.807, 2.05) is 0 Å². The number of nitrogens with one attached hydrogen (secondary N) is 1. The van der Waals surface area contributed by atoms with E-state index in [9.17, 15) is 22.8 Å². The number of nitrogens with zero attached hydrogens (tertiary/aromatic N) is 1. The molecule has 33 heavy (non-hydrogen) atoms. The lowest BCUT2D eigenvalue weighted by atomic mass is 10.2. The van der Waals surface area contributed by atoms with Gasteiger partial charge in [-0.05, 0) is 42.5 Å². The Hall–Kier alpha value is -3.50. The quantitative estimate of drug-likeness (QED) is 0.367. The van der Waals surface area contributed by atoms with Crippen LogP contribution in [0.25, 0.3) is 0 Å². The zero-order valence-corrected chi connectivity index (χ0v) is 19.6. The lowest BCUT2D eigenvalue weighted by Gasteiger charge is -2.19. The van der Waals surface area contributed by atoms with Crippen LogP contribution in [0.3, 0.4) is 0 Å². The maximum absolute atomic E-state index is 13.0. The van der Waals surface area contributed by atoms with Gasteiger partial charge in [0.15, 0.2) is 6.61 Å². The average Bonchev–Trinajstić information content (AvgIpc) is 3.30.